The first-order valence-electron chi connectivity index (χ1n) is 6.55. The Hall–Kier alpha value is -1.83. The Kier molecular flexibility index (Phi) is 5.23. The van der Waals surface area contributed by atoms with E-state index in [0.29, 0.717) is 6.07 Å². The fourth-order valence-electron chi connectivity index (χ4n) is 1.93. The third kappa shape index (κ3) is 4.33. The third-order valence-corrected chi connectivity index (χ3v) is 4.44. The molecule has 7 heteroatoms. The highest BCUT2D eigenvalue weighted by atomic mass is 32.2. The van der Waals surface area contributed by atoms with Crippen molar-refractivity contribution in [2.24, 2.45) is 0 Å². The molecule has 0 aliphatic carbocycles. The largest absolute Gasteiger partial charge is 0.391 e. The molecule has 2 rings (SSSR count). The van der Waals surface area contributed by atoms with Gasteiger partial charge < -0.3 is 5.11 Å². The van der Waals surface area contributed by atoms with E-state index in [0.717, 1.165) is 17.7 Å². The molecule has 0 bridgehead atoms. The van der Waals surface area contributed by atoms with Crippen LogP contribution in [0.3, 0.4) is 0 Å². The number of hydrogen-bond acceptors (Lipinski definition) is 3. The number of aliphatic hydroxyl groups excluding tert-OH is 1. The standard InChI is InChI=1S/C15H15F2NO3S/c16-12-6-7-14(17)15(9-12)22(20,21)18-10-13(19)8-11-4-2-1-3-5-11/h1-7,9,13,18-19H,8,10H2. The molecule has 1 atom stereocenters. The van der Waals surface area contributed by atoms with Crippen molar-refractivity contribution in [3.05, 3.63) is 65.7 Å². The van der Waals surface area contributed by atoms with Gasteiger partial charge in [-0.2, -0.15) is 0 Å². The van der Waals surface area contributed by atoms with Gasteiger partial charge in [-0.15, -0.1) is 0 Å². The van der Waals surface area contributed by atoms with E-state index < -0.39 is 32.7 Å². The van der Waals surface area contributed by atoms with Crippen molar-refractivity contribution < 1.29 is 22.3 Å². The monoisotopic (exact) mass is 327 g/mol. The molecule has 4 nitrogen and oxygen atoms in total. The van der Waals surface area contributed by atoms with E-state index in [9.17, 15) is 22.3 Å². The maximum absolute atomic E-state index is 13.5. The summed E-state index contributed by atoms with van der Waals surface area (Å²) < 4.78 is 52.5. The van der Waals surface area contributed by atoms with E-state index in [2.05, 4.69) is 4.72 Å². The molecule has 0 spiro atoms. The van der Waals surface area contributed by atoms with Crippen LogP contribution in [0.4, 0.5) is 8.78 Å². The van der Waals surface area contributed by atoms with Crippen molar-refractivity contribution >= 4 is 10.0 Å². The number of rotatable bonds is 6. The summed E-state index contributed by atoms with van der Waals surface area (Å²) in [7, 11) is -4.23. The van der Waals surface area contributed by atoms with E-state index >= 15 is 0 Å². The summed E-state index contributed by atoms with van der Waals surface area (Å²) in [6.45, 7) is -0.298. The topological polar surface area (TPSA) is 66.4 Å². The van der Waals surface area contributed by atoms with Gasteiger partial charge in [0.05, 0.1) is 6.10 Å². The molecule has 0 heterocycles. The van der Waals surface area contributed by atoms with Crippen LogP contribution in [0.25, 0.3) is 0 Å². The summed E-state index contributed by atoms with van der Waals surface area (Å²) in [4.78, 5) is -0.778. The lowest BCUT2D eigenvalue weighted by atomic mass is 10.1. The van der Waals surface area contributed by atoms with Crippen LogP contribution in [0.15, 0.2) is 53.4 Å². The van der Waals surface area contributed by atoms with Crippen LogP contribution in [-0.2, 0) is 16.4 Å². The van der Waals surface area contributed by atoms with E-state index in [-0.39, 0.29) is 13.0 Å². The first-order chi connectivity index (χ1) is 10.4. The predicted molar refractivity (Wildman–Crippen MR) is 77.7 cm³/mol. The molecular weight excluding hydrogens is 312 g/mol. The number of nitrogens with one attached hydrogen (secondary N) is 1. The Morgan fingerprint density at radius 2 is 1.77 bits per heavy atom. The Morgan fingerprint density at radius 1 is 1.09 bits per heavy atom. The number of benzene rings is 2. The van der Waals surface area contributed by atoms with Gasteiger partial charge in [0.1, 0.15) is 16.5 Å². The zero-order chi connectivity index (χ0) is 16.2. The smallest absolute Gasteiger partial charge is 0.243 e. The number of sulfonamides is 1. The second kappa shape index (κ2) is 6.95. The van der Waals surface area contributed by atoms with Crippen molar-refractivity contribution in [2.45, 2.75) is 17.4 Å². The van der Waals surface area contributed by atoms with E-state index in [1.165, 1.54) is 0 Å². The van der Waals surface area contributed by atoms with Crippen molar-refractivity contribution in [3.8, 4) is 0 Å². The average molecular weight is 327 g/mol. The SMILES string of the molecule is O=S(=O)(NCC(O)Cc1ccccc1)c1cc(F)ccc1F. The maximum Gasteiger partial charge on any atom is 0.243 e. The molecule has 118 valence electrons. The quantitative estimate of drug-likeness (QED) is 0.851. The maximum atomic E-state index is 13.5. The molecule has 0 aromatic heterocycles. The molecular formula is C15H15F2NO3S. The van der Waals surface area contributed by atoms with Crippen molar-refractivity contribution in [2.75, 3.05) is 6.54 Å². The molecule has 22 heavy (non-hydrogen) atoms. The summed E-state index contributed by atoms with van der Waals surface area (Å²) in [5, 5.41) is 9.84. The Bertz CT molecular complexity index is 736. The van der Waals surface area contributed by atoms with E-state index in [4.69, 9.17) is 0 Å². The van der Waals surface area contributed by atoms with Gasteiger partial charge in [-0.1, -0.05) is 30.3 Å². The number of aliphatic hydroxyl groups is 1. The van der Waals surface area contributed by atoms with Crippen molar-refractivity contribution in [1.82, 2.24) is 4.72 Å². The fourth-order valence-corrected chi connectivity index (χ4v) is 3.08. The molecule has 0 aliphatic heterocycles. The van der Waals surface area contributed by atoms with Gasteiger partial charge in [0.25, 0.3) is 0 Å². The number of halogens is 2. The highest BCUT2D eigenvalue weighted by Gasteiger charge is 2.20. The molecule has 0 saturated heterocycles. The molecule has 0 fully saturated rings. The van der Waals surface area contributed by atoms with Gasteiger partial charge >= 0.3 is 0 Å². The van der Waals surface area contributed by atoms with E-state index in [1.807, 2.05) is 6.07 Å². The zero-order valence-electron chi connectivity index (χ0n) is 11.5. The lowest BCUT2D eigenvalue weighted by Gasteiger charge is -2.13. The second-order valence-electron chi connectivity index (χ2n) is 4.77. The Labute approximate surface area is 127 Å². The Balaban J connectivity index is 2.02. The summed E-state index contributed by atoms with van der Waals surface area (Å²) in [5.74, 6) is -1.90. The lowest BCUT2D eigenvalue weighted by Crippen LogP contribution is -2.33. The predicted octanol–water partition coefficient (Wildman–Crippen LogP) is 1.85. The molecule has 0 saturated carbocycles. The van der Waals surface area contributed by atoms with Crippen LogP contribution in [0, 0.1) is 11.6 Å². The molecule has 0 aliphatic rings. The molecule has 2 aromatic rings. The minimum absolute atomic E-state index is 0.245. The summed E-state index contributed by atoms with van der Waals surface area (Å²) >= 11 is 0. The summed E-state index contributed by atoms with van der Waals surface area (Å²) in [5.41, 5.74) is 0.839. The normalized spacial score (nSPS) is 13.0. The third-order valence-electron chi connectivity index (χ3n) is 3.01. The van der Waals surface area contributed by atoms with Crippen molar-refractivity contribution in [3.63, 3.8) is 0 Å². The van der Waals surface area contributed by atoms with Gasteiger partial charge in [0, 0.05) is 6.54 Å². The minimum Gasteiger partial charge on any atom is -0.391 e. The van der Waals surface area contributed by atoms with Crippen LogP contribution in [0.1, 0.15) is 5.56 Å². The van der Waals surface area contributed by atoms with Crippen LogP contribution in [0.2, 0.25) is 0 Å². The fraction of sp³-hybridized carbons (Fsp3) is 0.200. The summed E-state index contributed by atoms with van der Waals surface area (Å²) in [6.07, 6.45) is -0.733. The summed E-state index contributed by atoms with van der Waals surface area (Å²) in [6, 6.07) is 11.2. The van der Waals surface area contributed by atoms with Crippen LogP contribution in [-0.4, -0.2) is 26.2 Å². The zero-order valence-corrected chi connectivity index (χ0v) is 12.4. The second-order valence-corrected chi connectivity index (χ2v) is 6.51. The molecule has 1 unspecified atom stereocenters. The van der Waals surface area contributed by atoms with Gasteiger partial charge in [0.2, 0.25) is 10.0 Å². The lowest BCUT2D eigenvalue weighted by molar-refractivity contribution is 0.179. The minimum atomic E-state index is -4.23. The molecule has 2 aromatic carbocycles. The number of hydrogen-bond donors (Lipinski definition) is 2. The Morgan fingerprint density at radius 3 is 2.45 bits per heavy atom. The van der Waals surface area contributed by atoms with Gasteiger partial charge in [0.15, 0.2) is 0 Å². The van der Waals surface area contributed by atoms with Gasteiger partial charge in [-0.25, -0.2) is 21.9 Å². The van der Waals surface area contributed by atoms with Gasteiger partial charge in [-0.05, 0) is 30.2 Å². The first kappa shape index (κ1) is 16.5. The first-order valence-corrected chi connectivity index (χ1v) is 8.03. The van der Waals surface area contributed by atoms with Crippen LogP contribution in [0.5, 0.6) is 0 Å². The van der Waals surface area contributed by atoms with Gasteiger partial charge in [-0.3, -0.25) is 0 Å². The highest BCUT2D eigenvalue weighted by molar-refractivity contribution is 7.89. The van der Waals surface area contributed by atoms with Crippen LogP contribution >= 0.6 is 0 Å². The molecule has 0 radical (unpaired) electrons. The molecule has 2 N–H and O–H groups in total. The average Bonchev–Trinajstić information content (AvgIpc) is 2.49. The van der Waals surface area contributed by atoms with Crippen LogP contribution < -0.4 is 4.72 Å². The van der Waals surface area contributed by atoms with E-state index in [1.54, 1.807) is 24.3 Å². The van der Waals surface area contributed by atoms with Crippen molar-refractivity contribution in [1.29, 1.82) is 0 Å². The molecule has 0 amide bonds. The highest BCUT2D eigenvalue weighted by Crippen LogP contribution is 2.15.